The van der Waals surface area contributed by atoms with Gasteiger partial charge < -0.3 is 15.2 Å². The Kier molecular flexibility index (Phi) is 5.61. The van der Waals surface area contributed by atoms with Crippen LogP contribution in [0.25, 0.3) is 0 Å². The van der Waals surface area contributed by atoms with Gasteiger partial charge in [-0.2, -0.15) is 0 Å². The predicted molar refractivity (Wildman–Crippen MR) is 40.5 cm³/mol. The van der Waals surface area contributed by atoms with E-state index in [2.05, 4.69) is 15.3 Å². The molecule has 6 heteroatoms. The number of carbonyl (C=O) groups is 1. The number of aromatic nitrogens is 2. The molecule has 1 aromatic heterocycles. The average molecular weight is 189 g/mol. The monoisotopic (exact) mass is 189 g/mol. The predicted octanol–water partition coefficient (Wildman–Crippen LogP) is -3.72. The van der Waals surface area contributed by atoms with Crippen LogP contribution in [0.3, 0.4) is 0 Å². The summed E-state index contributed by atoms with van der Waals surface area (Å²) in [6, 6.07) is 0. The van der Waals surface area contributed by atoms with Crippen molar-refractivity contribution in [1.29, 1.82) is 0 Å². The Balaban J connectivity index is 0.00000144. The Bertz CT molecular complexity index is 293. The summed E-state index contributed by atoms with van der Waals surface area (Å²) in [6.45, 7) is 2.55. The van der Waals surface area contributed by atoms with Gasteiger partial charge in [-0.05, 0) is 6.92 Å². The van der Waals surface area contributed by atoms with E-state index in [1.54, 1.807) is 0 Å². The molecule has 5 nitrogen and oxygen atoms in total. The van der Waals surface area contributed by atoms with Crippen molar-refractivity contribution >= 4 is 11.8 Å². The van der Waals surface area contributed by atoms with Crippen LogP contribution in [0.4, 0.5) is 5.82 Å². The van der Waals surface area contributed by atoms with Crippen LogP contribution < -0.4 is 40.0 Å². The number of anilines is 1. The molecule has 0 spiro atoms. The van der Waals surface area contributed by atoms with Gasteiger partial charge in [0.15, 0.2) is 0 Å². The zero-order valence-corrected chi connectivity index (χ0v) is 9.57. The molecule has 0 aliphatic rings. The molecule has 13 heavy (non-hydrogen) atoms. The number of hydrogen-bond acceptors (Lipinski definition) is 5. The van der Waals surface area contributed by atoms with Crippen molar-refractivity contribution in [3.63, 3.8) is 0 Å². The Morgan fingerprint density at radius 3 is 2.85 bits per heavy atom. The van der Waals surface area contributed by atoms with Crippen molar-refractivity contribution in [2.24, 2.45) is 0 Å². The Morgan fingerprint density at radius 1 is 1.62 bits per heavy atom. The number of carbonyl (C=O) groups excluding carboxylic acids is 1. The van der Waals surface area contributed by atoms with E-state index in [9.17, 15) is 9.90 Å². The number of hydrogen-bond donors (Lipinski definition) is 1. The third-order valence-corrected chi connectivity index (χ3v) is 1.20. The minimum atomic E-state index is -1.32. The first kappa shape index (κ1) is 12.3. The maximum atomic E-state index is 10.3. The summed E-state index contributed by atoms with van der Waals surface area (Å²) in [7, 11) is 0. The maximum Gasteiger partial charge on any atom is 1.00 e. The molecule has 0 aromatic carbocycles. The molecule has 0 aliphatic carbocycles. The maximum absolute atomic E-state index is 10.3. The number of nitrogens with zero attached hydrogens (tertiary/aromatic N) is 2. The smallest absolute Gasteiger partial charge is 0.543 e. The van der Waals surface area contributed by atoms with Crippen LogP contribution in [0.15, 0.2) is 12.4 Å². The molecule has 0 unspecified atom stereocenters. The van der Waals surface area contributed by atoms with E-state index in [-0.39, 0.29) is 35.3 Å². The van der Waals surface area contributed by atoms with Crippen molar-refractivity contribution in [1.82, 2.24) is 9.97 Å². The van der Waals surface area contributed by atoms with E-state index < -0.39 is 5.97 Å². The first-order chi connectivity index (χ1) is 5.74. The van der Waals surface area contributed by atoms with Crippen molar-refractivity contribution < 1.29 is 39.5 Å². The van der Waals surface area contributed by atoms with Gasteiger partial charge in [-0.15, -0.1) is 0 Å². The van der Waals surface area contributed by atoms with E-state index in [0.717, 1.165) is 6.20 Å². The third kappa shape index (κ3) is 3.71. The zero-order chi connectivity index (χ0) is 8.97. The molecule has 0 saturated carbocycles. The second kappa shape index (κ2) is 5.90. The first-order valence-corrected chi connectivity index (χ1v) is 3.51. The van der Waals surface area contributed by atoms with Gasteiger partial charge in [0.05, 0.1) is 18.4 Å². The van der Waals surface area contributed by atoms with Crippen LogP contribution in [0.2, 0.25) is 0 Å². The normalized spacial score (nSPS) is 8.69. The van der Waals surface area contributed by atoms with Gasteiger partial charge >= 0.3 is 29.6 Å². The fraction of sp³-hybridized carbons (Fsp3) is 0.286. The van der Waals surface area contributed by atoms with E-state index in [1.807, 2.05) is 6.92 Å². The summed E-state index contributed by atoms with van der Waals surface area (Å²) in [4.78, 5) is 17.7. The molecule has 0 aliphatic heterocycles. The third-order valence-electron chi connectivity index (χ3n) is 1.20. The minimum Gasteiger partial charge on any atom is -0.543 e. The second-order valence-electron chi connectivity index (χ2n) is 2.11. The summed E-state index contributed by atoms with van der Waals surface area (Å²) < 4.78 is 0. The molecular formula is C7H8N3NaO2. The average Bonchev–Trinajstić information content (AvgIpc) is 2.05. The van der Waals surface area contributed by atoms with Gasteiger partial charge in [0, 0.05) is 6.54 Å². The van der Waals surface area contributed by atoms with Crippen LogP contribution in [-0.4, -0.2) is 22.5 Å². The van der Waals surface area contributed by atoms with Crippen LogP contribution >= 0.6 is 0 Å². The van der Waals surface area contributed by atoms with E-state index in [4.69, 9.17) is 0 Å². The molecule has 0 saturated heterocycles. The molecule has 0 atom stereocenters. The number of carboxylic acid groups (broad SMARTS) is 1. The molecule has 1 heterocycles. The Morgan fingerprint density at radius 2 is 2.31 bits per heavy atom. The van der Waals surface area contributed by atoms with E-state index >= 15 is 0 Å². The summed E-state index contributed by atoms with van der Waals surface area (Å²) in [5.41, 5.74) is -0.159. The fourth-order valence-corrected chi connectivity index (χ4v) is 0.731. The van der Waals surface area contributed by atoms with Gasteiger partial charge in [-0.1, -0.05) is 0 Å². The molecule has 0 fully saturated rings. The number of nitrogens with one attached hydrogen (secondary N) is 1. The quantitative estimate of drug-likeness (QED) is 0.495. The fourth-order valence-electron chi connectivity index (χ4n) is 0.731. The number of rotatable bonds is 3. The summed E-state index contributed by atoms with van der Waals surface area (Å²) in [6.07, 6.45) is 2.60. The molecule has 1 N–H and O–H groups in total. The van der Waals surface area contributed by atoms with E-state index in [1.165, 1.54) is 6.20 Å². The topological polar surface area (TPSA) is 77.9 Å². The summed E-state index contributed by atoms with van der Waals surface area (Å²) in [5, 5.41) is 13.2. The Hall–Kier alpha value is -0.650. The van der Waals surface area contributed by atoms with Crippen LogP contribution in [-0.2, 0) is 0 Å². The van der Waals surface area contributed by atoms with Gasteiger partial charge in [0.2, 0.25) is 0 Å². The van der Waals surface area contributed by atoms with Gasteiger partial charge in [0.1, 0.15) is 11.5 Å². The van der Waals surface area contributed by atoms with Gasteiger partial charge in [-0.3, -0.25) is 4.98 Å². The standard InChI is InChI=1S/C7H9N3O2.Na/c1-2-9-6-4-8-3-5(10-6)7(11)12;/h3-4H,2H2,1H3,(H,9,10)(H,11,12);/q;+1/p-1. The Labute approximate surface area is 97.9 Å². The molecule has 0 radical (unpaired) electrons. The second-order valence-corrected chi connectivity index (χ2v) is 2.11. The van der Waals surface area contributed by atoms with Crippen molar-refractivity contribution in [2.45, 2.75) is 6.92 Å². The largest absolute Gasteiger partial charge is 1.00 e. The van der Waals surface area contributed by atoms with E-state index in [0.29, 0.717) is 12.4 Å². The summed E-state index contributed by atoms with van der Waals surface area (Å²) in [5.74, 6) is -0.874. The van der Waals surface area contributed by atoms with Crippen LogP contribution in [0.5, 0.6) is 0 Å². The van der Waals surface area contributed by atoms with Crippen molar-refractivity contribution in [3.8, 4) is 0 Å². The first-order valence-electron chi connectivity index (χ1n) is 3.51. The van der Waals surface area contributed by atoms with Gasteiger partial charge in [-0.25, -0.2) is 4.98 Å². The van der Waals surface area contributed by atoms with Crippen molar-refractivity contribution in [3.05, 3.63) is 18.1 Å². The van der Waals surface area contributed by atoms with Gasteiger partial charge in [0.25, 0.3) is 0 Å². The minimum absolute atomic E-state index is 0. The van der Waals surface area contributed by atoms with Crippen molar-refractivity contribution in [2.75, 3.05) is 11.9 Å². The van der Waals surface area contributed by atoms with Crippen LogP contribution in [0, 0.1) is 0 Å². The zero-order valence-electron chi connectivity index (χ0n) is 7.57. The summed E-state index contributed by atoms with van der Waals surface area (Å²) >= 11 is 0. The molecule has 1 aromatic rings. The molecule has 0 bridgehead atoms. The molecule has 0 amide bonds. The molecule has 1 rings (SSSR count). The van der Waals surface area contributed by atoms with Crippen LogP contribution in [0.1, 0.15) is 17.4 Å². The SMILES string of the molecule is CCNc1cncc(C(=O)[O-])n1.[Na+]. The number of carboxylic acids is 1. The number of aromatic carboxylic acids is 1. The molecule has 64 valence electrons. The molecular weight excluding hydrogens is 181 g/mol.